The maximum Gasteiger partial charge on any atom is 0.337 e. The summed E-state index contributed by atoms with van der Waals surface area (Å²) >= 11 is 0. The normalized spacial score (nSPS) is 13.8. The molecule has 0 heterocycles. The molecule has 1 unspecified atom stereocenters. The number of hydrogen-bond donors (Lipinski definition) is 1. The summed E-state index contributed by atoms with van der Waals surface area (Å²) in [6, 6.07) is 0. The summed E-state index contributed by atoms with van der Waals surface area (Å²) in [6.07, 6.45) is -1.77. The predicted octanol–water partition coefficient (Wildman–Crippen LogP) is 2.08. The Hall–Kier alpha value is -1.50. The molecule has 0 aliphatic carbocycles. The molecule has 0 aromatic rings. The van der Waals surface area contributed by atoms with Crippen LogP contribution in [0.3, 0.4) is 0 Å². The van der Waals surface area contributed by atoms with Gasteiger partial charge < -0.3 is 14.6 Å². The van der Waals surface area contributed by atoms with Crippen LogP contribution in [-0.2, 0) is 19.1 Å². The van der Waals surface area contributed by atoms with Gasteiger partial charge in [0.2, 0.25) is 0 Å². The average Bonchev–Trinajstić information content (AvgIpc) is 2.30. The standard InChI is InChI=1S/C14H22F2O5/c1-8(2)10(21-11(17)9(3)4)14(15,16)7-20-12(18)13(5,6)19/h8,10,19H,3,7H2,1-2,4-6H3. The van der Waals surface area contributed by atoms with Crippen LogP contribution in [0, 0.1) is 5.92 Å². The fourth-order valence-corrected chi connectivity index (χ4v) is 1.35. The molecule has 0 bridgehead atoms. The number of carbonyl (C=O) groups is 2. The summed E-state index contributed by atoms with van der Waals surface area (Å²) < 4.78 is 37.2. The molecule has 0 saturated heterocycles. The first kappa shape index (κ1) is 19.5. The lowest BCUT2D eigenvalue weighted by atomic mass is 10.0. The Morgan fingerprint density at radius 2 is 1.76 bits per heavy atom. The highest BCUT2D eigenvalue weighted by Crippen LogP contribution is 2.28. The zero-order valence-corrected chi connectivity index (χ0v) is 12.9. The lowest BCUT2D eigenvalue weighted by Crippen LogP contribution is -2.46. The summed E-state index contributed by atoms with van der Waals surface area (Å²) in [6.45, 7) is 8.50. The van der Waals surface area contributed by atoms with Crippen molar-refractivity contribution in [3.8, 4) is 0 Å². The molecule has 1 atom stereocenters. The minimum atomic E-state index is -3.58. The number of rotatable bonds is 7. The molecule has 0 radical (unpaired) electrons. The maximum absolute atomic E-state index is 14.0. The second-order valence-electron chi connectivity index (χ2n) is 5.75. The van der Waals surface area contributed by atoms with Gasteiger partial charge in [-0.25, -0.2) is 9.59 Å². The largest absolute Gasteiger partial charge is 0.457 e. The van der Waals surface area contributed by atoms with E-state index in [1.807, 2.05) is 0 Å². The smallest absolute Gasteiger partial charge is 0.337 e. The Labute approximate surface area is 122 Å². The van der Waals surface area contributed by atoms with Crippen molar-refractivity contribution >= 4 is 11.9 Å². The molecule has 0 aliphatic heterocycles. The quantitative estimate of drug-likeness (QED) is 0.576. The first-order valence-corrected chi connectivity index (χ1v) is 6.43. The summed E-state index contributed by atoms with van der Waals surface area (Å²) in [5.74, 6) is -6.41. The van der Waals surface area contributed by atoms with E-state index in [2.05, 4.69) is 11.3 Å². The molecule has 0 fully saturated rings. The third-order valence-electron chi connectivity index (χ3n) is 2.50. The molecular weight excluding hydrogens is 286 g/mol. The highest BCUT2D eigenvalue weighted by molar-refractivity contribution is 5.87. The van der Waals surface area contributed by atoms with Gasteiger partial charge in [0.15, 0.2) is 18.3 Å². The van der Waals surface area contributed by atoms with Crippen LogP contribution >= 0.6 is 0 Å². The number of halogens is 2. The second-order valence-corrected chi connectivity index (χ2v) is 5.75. The molecule has 1 N–H and O–H groups in total. The van der Waals surface area contributed by atoms with E-state index in [1.54, 1.807) is 0 Å². The topological polar surface area (TPSA) is 72.8 Å². The van der Waals surface area contributed by atoms with Gasteiger partial charge in [0.05, 0.1) is 0 Å². The zero-order valence-electron chi connectivity index (χ0n) is 12.9. The van der Waals surface area contributed by atoms with Crippen molar-refractivity contribution in [2.45, 2.75) is 52.2 Å². The van der Waals surface area contributed by atoms with Gasteiger partial charge in [-0.05, 0) is 26.7 Å². The highest BCUT2D eigenvalue weighted by atomic mass is 19.3. The van der Waals surface area contributed by atoms with Crippen LogP contribution in [0.15, 0.2) is 12.2 Å². The number of hydrogen-bond acceptors (Lipinski definition) is 5. The highest BCUT2D eigenvalue weighted by Gasteiger charge is 2.46. The van der Waals surface area contributed by atoms with E-state index in [4.69, 9.17) is 4.74 Å². The molecule has 122 valence electrons. The molecule has 0 spiro atoms. The van der Waals surface area contributed by atoms with E-state index in [9.17, 15) is 23.5 Å². The molecule has 0 saturated carbocycles. The van der Waals surface area contributed by atoms with Crippen molar-refractivity contribution in [3.05, 3.63) is 12.2 Å². The Morgan fingerprint density at radius 3 is 2.10 bits per heavy atom. The van der Waals surface area contributed by atoms with Crippen LogP contribution in [0.5, 0.6) is 0 Å². The fraction of sp³-hybridized carbons (Fsp3) is 0.714. The molecule has 5 nitrogen and oxygen atoms in total. The van der Waals surface area contributed by atoms with Crippen LogP contribution in [0.25, 0.3) is 0 Å². The van der Waals surface area contributed by atoms with Gasteiger partial charge in [0, 0.05) is 5.57 Å². The summed E-state index contributed by atoms with van der Waals surface area (Å²) in [4.78, 5) is 22.7. The van der Waals surface area contributed by atoms with Gasteiger partial charge in [0.1, 0.15) is 0 Å². The van der Waals surface area contributed by atoms with Gasteiger partial charge in [0.25, 0.3) is 0 Å². The van der Waals surface area contributed by atoms with Crippen molar-refractivity contribution in [2.75, 3.05) is 6.61 Å². The third-order valence-corrected chi connectivity index (χ3v) is 2.50. The number of aliphatic hydroxyl groups is 1. The SMILES string of the molecule is C=C(C)C(=O)OC(C(C)C)C(F)(F)COC(=O)C(C)(C)O. The van der Waals surface area contributed by atoms with E-state index in [0.717, 1.165) is 13.8 Å². The summed E-state index contributed by atoms with van der Waals surface area (Å²) in [5.41, 5.74) is -1.89. The van der Waals surface area contributed by atoms with Gasteiger partial charge in [-0.1, -0.05) is 20.4 Å². The summed E-state index contributed by atoms with van der Waals surface area (Å²) in [7, 11) is 0. The van der Waals surface area contributed by atoms with Gasteiger partial charge in [-0.15, -0.1) is 0 Å². The van der Waals surface area contributed by atoms with Gasteiger partial charge in [-0.2, -0.15) is 8.78 Å². The Kier molecular flexibility index (Phi) is 6.48. The Balaban J connectivity index is 4.92. The lowest BCUT2D eigenvalue weighted by molar-refractivity contribution is -0.201. The first-order valence-electron chi connectivity index (χ1n) is 6.43. The molecule has 0 rings (SSSR count). The fourth-order valence-electron chi connectivity index (χ4n) is 1.35. The van der Waals surface area contributed by atoms with Crippen LogP contribution in [-0.4, -0.2) is 41.3 Å². The van der Waals surface area contributed by atoms with Crippen molar-refractivity contribution in [1.82, 2.24) is 0 Å². The maximum atomic E-state index is 14.0. The van der Waals surface area contributed by atoms with Crippen molar-refractivity contribution in [1.29, 1.82) is 0 Å². The predicted molar refractivity (Wildman–Crippen MR) is 71.7 cm³/mol. The Morgan fingerprint density at radius 1 is 1.29 bits per heavy atom. The van der Waals surface area contributed by atoms with Crippen LogP contribution in [0.1, 0.15) is 34.6 Å². The molecule has 0 aromatic heterocycles. The zero-order chi connectivity index (χ0) is 17.0. The molecular formula is C14H22F2O5. The monoisotopic (exact) mass is 308 g/mol. The van der Waals surface area contributed by atoms with Crippen LogP contribution in [0.2, 0.25) is 0 Å². The summed E-state index contributed by atoms with van der Waals surface area (Å²) in [5, 5.41) is 9.33. The molecule has 0 aliphatic rings. The number of carbonyl (C=O) groups excluding carboxylic acids is 2. The van der Waals surface area contributed by atoms with Crippen LogP contribution in [0.4, 0.5) is 8.78 Å². The Bertz CT molecular complexity index is 410. The second kappa shape index (κ2) is 6.98. The van der Waals surface area contributed by atoms with Gasteiger partial charge in [-0.3, -0.25) is 0 Å². The van der Waals surface area contributed by atoms with E-state index >= 15 is 0 Å². The molecule has 7 heteroatoms. The minimum Gasteiger partial charge on any atom is -0.457 e. The van der Waals surface area contributed by atoms with Crippen LogP contribution < -0.4 is 0 Å². The minimum absolute atomic E-state index is 0.00932. The molecule has 0 aromatic carbocycles. The molecule has 21 heavy (non-hydrogen) atoms. The van der Waals surface area contributed by atoms with E-state index in [1.165, 1.54) is 20.8 Å². The lowest BCUT2D eigenvalue weighted by Gasteiger charge is -2.29. The van der Waals surface area contributed by atoms with E-state index in [0.29, 0.717) is 0 Å². The molecule has 0 amide bonds. The van der Waals surface area contributed by atoms with Crippen molar-refractivity contribution in [2.24, 2.45) is 5.92 Å². The van der Waals surface area contributed by atoms with Crippen molar-refractivity contribution in [3.63, 3.8) is 0 Å². The number of esters is 2. The van der Waals surface area contributed by atoms with Gasteiger partial charge >= 0.3 is 17.9 Å². The van der Waals surface area contributed by atoms with E-state index in [-0.39, 0.29) is 5.57 Å². The number of ether oxygens (including phenoxy) is 2. The van der Waals surface area contributed by atoms with Crippen molar-refractivity contribution < 1.29 is 33.0 Å². The average molecular weight is 308 g/mol. The first-order chi connectivity index (χ1) is 9.29. The third kappa shape index (κ3) is 6.20. The van der Waals surface area contributed by atoms with E-state index < -0.39 is 42.1 Å². The number of alkyl halides is 2.